The quantitative estimate of drug-likeness (QED) is 0.629. The lowest BCUT2D eigenvalue weighted by atomic mass is 9.90. The van der Waals surface area contributed by atoms with E-state index in [2.05, 4.69) is 0 Å². The standard InChI is InChI=1S/C23H23NO4/c1-15-19-11-10-18(27-2)13-20(19)28-22(15)23(26)24-12-6-9-17(14-24)21(25)16-7-4-3-5-8-16/h3-5,7-8,10-11,13,17H,6,9,12,14H2,1-2H3. The van der Waals surface area contributed by atoms with Crippen molar-refractivity contribution in [3.05, 3.63) is 65.4 Å². The number of carbonyl (C=O) groups excluding carboxylic acids is 2. The minimum Gasteiger partial charge on any atom is -0.497 e. The summed E-state index contributed by atoms with van der Waals surface area (Å²) in [6.07, 6.45) is 1.61. The molecule has 2 aromatic carbocycles. The molecule has 1 aliphatic heterocycles. The van der Waals surface area contributed by atoms with E-state index in [1.807, 2.05) is 49.4 Å². The van der Waals surface area contributed by atoms with Crippen LogP contribution in [0.2, 0.25) is 0 Å². The Balaban J connectivity index is 1.57. The minimum absolute atomic E-state index is 0.101. The third-order valence-corrected chi connectivity index (χ3v) is 5.48. The second-order valence-corrected chi connectivity index (χ2v) is 7.24. The number of piperidine rings is 1. The van der Waals surface area contributed by atoms with Crippen LogP contribution in [0.3, 0.4) is 0 Å². The number of ether oxygens (including phenoxy) is 1. The summed E-state index contributed by atoms with van der Waals surface area (Å²) >= 11 is 0. The van der Waals surface area contributed by atoms with Gasteiger partial charge in [-0.05, 0) is 31.9 Å². The molecule has 1 saturated heterocycles. The fraction of sp³-hybridized carbons (Fsp3) is 0.304. The Hall–Kier alpha value is -3.08. The summed E-state index contributed by atoms with van der Waals surface area (Å²) in [6, 6.07) is 14.8. The first-order chi connectivity index (χ1) is 13.6. The minimum atomic E-state index is -0.176. The van der Waals surface area contributed by atoms with Gasteiger partial charge in [-0.2, -0.15) is 0 Å². The van der Waals surface area contributed by atoms with E-state index in [-0.39, 0.29) is 17.6 Å². The number of methoxy groups -OCH3 is 1. The van der Waals surface area contributed by atoms with Gasteiger partial charge in [-0.1, -0.05) is 30.3 Å². The van der Waals surface area contributed by atoms with Gasteiger partial charge in [-0.15, -0.1) is 0 Å². The molecule has 1 unspecified atom stereocenters. The van der Waals surface area contributed by atoms with Crippen LogP contribution in [0.25, 0.3) is 11.0 Å². The summed E-state index contributed by atoms with van der Waals surface area (Å²) in [4.78, 5) is 27.7. The molecular formula is C23H23NO4. The molecule has 5 nitrogen and oxygen atoms in total. The molecule has 2 heterocycles. The molecule has 4 rings (SSSR count). The lowest BCUT2D eigenvalue weighted by molar-refractivity contribution is 0.0612. The first kappa shape index (κ1) is 18.3. The van der Waals surface area contributed by atoms with Crippen molar-refractivity contribution >= 4 is 22.7 Å². The van der Waals surface area contributed by atoms with Gasteiger partial charge in [0.15, 0.2) is 11.5 Å². The zero-order valence-corrected chi connectivity index (χ0v) is 16.1. The number of hydrogen-bond acceptors (Lipinski definition) is 4. The van der Waals surface area contributed by atoms with Gasteiger partial charge < -0.3 is 14.1 Å². The molecule has 0 spiro atoms. The van der Waals surface area contributed by atoms with Gasteiger partial charge >= 0.3 is 0 Å². The molecule has 1 amide bonds. The van der Waals surface area contributed by atoms with Crippen molar-refractivity contribution in [2.75, 3.05) is 20.2 Å². The number of furan rings is 1. The Morgan fingerprint density at radius 1 is 1.14 bits per heavy atom. The molecule has 0 N–H and O–H groups in total. The molecule has 1 fully saturated rings. The van der Waals surface area contributed by atoms with Crippen LogP contribution < -0.4 is 4.74 Å². The Morgan fingerprint density at radius 3 is 2.68 bits per heavy atom. The highest BCUT2D eigenvalue weighted by atomic mass is 16.5. The molecule has 28 heavy (non-hydrogen) atoms. The Bertz CT molecular complexity index is 1020. The lowest BCUT2D eigenvalue weighted by Gasteiger charge is -2.31. The maximum atomic E-state index is 13.1. The van der Waals surface area contributed by atoms with Crippen LogP contribution in [-0.4, -0.2) is 36.8 Å². The van der Waals surface area contributed by atoms with Crippen molar-refractivity contribution in [1.29, 1.82) is 0 Å². The van der Waals surface area contributed by atoms with Gasteiger partial charge in [0.25, 0.3) is 5.91 Å². The SMILES string of the molecule is COc1ccc2c(C)c(C(=O)N3CCCC(C(=O)c4ccccc4)C3)oc2c1. The molecular weight excluding hydrogens is 354 g/mol. The third-order valence-electron chi connectivity index (χ3n) is 5.48. The van der Waals surface area contributed by atoms with Crippen LogP contribution in [0.15, 0.2) is 52.9 Å². The van der Waals surface area contributed by atoms with Crippen LogP contribution >= 0.6 is 0 Å². The maximum Gasteiger partial charge on any atom is 0.289 e. The second-order valence-electron chi connectivity index (χ2n) is 7.24. The van der Waals surface area contributed by atoms with Crippen LogP contribution in [0.1, 0.15) is 39.3 Å². The number of ketones is 1. The number of amides is 1. The van der Waals surface area contributed by atoms with E-state index in [0.29, 0.717) is 35.7 Å². The first-order valence-electron chi connectivity index (χ1n) is 9.54. The number of benzene rings is 2. The van der Waals surface area contributed by atoms with Gasteiger partial charge in [0.1, 0.15) is 11.3 Å². The highest BCUT2D eigenvalue weighted by Gasteiger charge is 2.31. The van der Waals surface area contributed by atoms with Gasteiger partial charge in [-0.25, -0.2) is 0 Å². The molecule has 1 aliphatic rings. The number of rotatable bonds is 4. The van der Waals surface area contributed by atoms with E-state index < -0.39 is 0 Å². The predicted octanol–water partition coefficient (Wildman–Crippen LogP) is 4.48. The highest BCUT2D eigenvalue weighted by Crippen LogP contribution is 2.30. The maximum absolute atomic E-state index is 13.1. The van der Waals surface area contributed by atoms with Crippen molar-refractivity contribution in [1.82, 2.24) is 4.90 Å². The molecule has 0 aliphatic carbocycles. The van der Waals surface area contributed by atoms with Crippen molar-refractivity contribution in [2.24, 2.45) is 5.92 Å². The smallest absolute Gasteiger partial charge is 0.289 e. The van der Waals surface area contributed by atoms with E-state index in [4.69, 9.17) is 9.15 Å². The fourth-order valence-electron chi connectivity index (χ4n) is 3.89. The van der Waals surface area contributed by atoms with E-state index in [9.17, 15) is 9.59 Å². The number of carbonyl (C=O) groups is 2. The van der Waals surface area contributed by atoms with Crippen molar-refractivity contribution in [3.63, 3.8) is 0 Å². The molecule has 1 aromatic heterocycles. The lowest BCUT2D eigenvalue weighted by Crippen LogP contribution is -2.42. The van der Waals surface area contributed by atoms with Crippen molar-refractivity contribution in [2.45, 2.75) is 19.8 Å². The number of fused-ring (bicyclic) bond motifs is 1. The number of hydrogen-bond donors (Lipinski definition) is 0. The fourth-order valence-corrected chi connectivity index (χ4v) is 3.89. The number of nitrogens with zero attached hydrogens (tertiary/aromatic N) is 1. The normalized spacial score (nSPS) is 16.9. The molecule has 1 atom stereocenters. The summed E-state index contributed by atoms with van der Waals surface area (Å²) in [5.74, 6) is 0.801. The number of Topliss-reactive ketones (excluding diaryl/α,β-unsaturated/α-hetero) is 1. The van der Waals surface area contributed by atoms with Crippen LogP contribution in [0, 0.1) is 12.8 Å². The van der Waals surface area contributed by atoms with Gasteiger partial charge in [0.05, 0.1) is 7.11 Å². The van der Waals surface area contributed by atoms with Crippen LogP contribution in [0.5, 0.6) is 5.75 Å². The molecule has 5 heteroatoms. The van der Waals surface area contributed by atoms with Gasteiger partial charge in [0.2, 0.25) is 0 Å². The Morgan fingerprint density at radius 2 is 1.93 bits per heavy atom. The molecule has 0 radical (unpaired) electrons. The predicted molar refractivity (Wildman–Crippen MR) is 107 cm³/mol. The molecule has 0 bridgehead atoms. The van der Waals surface area contributed by atoms with Crippen molar-refractivity contribution in [3.8, 4) is 5.75 Å². The zero-order chi connectivity index (χ0) is 19.7. The monoisotopic (exact) mass is 377 g/mol. The number of aryl methyl sites for hydroxylation is 1. The number of likely N-dealkylation sites (tertiary alicyclic amines) is 1. The third kappa shape index (κ3) is 3.28. The van der Waals surface area contributed by atoms with E-state index >= 15 is 0 Å². The summed E-state index contributed by atoms with van der Waals surface area (Å²) in [7, 11) is 1.60. The first-order valence-corrected chi connectivity index (χ1v) is 9.54. The summed E-state index contributed by atoms with van der Waals surface area (Å²) < 4.78 is 11.1. The van der Waals surface area contributed by atoms with Crippen LogP contribution in [0.4, 0.5) is 0 Å². The van der Waals surface area contributed by atoms with Crippen LogP contribution in [-0.2, 0) is 0 Å². The molecule has 3 aromatic rings. The van der Waals surface area contributed by atoms with Gasteiger partial charge in [-0.3, -0.25) is 9.59 Å². The van der Waals surface area contributed by atoms with Crippen molar-refractivity contribution < 1.29 is 18.7 Å². The van der Waals surface area contributed by atoms with E-state index in [0.717, 1.165) is 23.8 Å². The average Bonchev–Trinajstić information content (AvgIpc) is 3.09. The van der Waals surface area contributed by atoms with E-state index in [1.54, 1.807) is 18.1 Å². The van der Waals surface area contributed by atoms with E-state index in [1.165, 1.54) is 0 Å². The van der Waals surface area contributed by atoms with Gasteiger partial charge in [0, 0.05) is 41.6 Å². The zero-order valence-electron chi connectivity index (χ0n) is 16.1. The molecule has 144 valence electrons. The summed E-state index contributed by atoms with van der Waals surface area (Å²) in [5, 5.41) is 0.901. The summed E-state index contributed by atoms with van der Waals surface area (Å²) in [5.41, 5.74) is 2.15. The topological polar surface area (TPSA) is 59.8 Å². The second kappa shape index (κ2) is 7.50. The average molecular weight is 377 g/mol. The Kier molecular flexibility index (Phi) is 4.90. The summed E-state index contributed by atoms with van der Waals surface area (Å²) in [6.45, 7) is 2.95. The Labute approximate surface area is 163 Å². The highest BCUT2D eigenvalue weighted by molar-refractivity contribution is 6.01. The molecule has 0 saturated carbocycles. The largest absolute Gasteiger partial charge is 0.497 e.